The molecule has 8 heteroatoms. The molecule has 1 aromatic rings. The van der Waals surface area contributed by atoms with Crippen molar-refractivity contribution < 1.29 is 17.9 Å². The summed E-state index contributed by atoms with van der Waals surface area (Å²) in [4.78, 5) is 11.9. The highest BCUT2D eigenvalue weighted by Gasteiger charge is 2.22. The predicted octanol–water partition coefficient (Wildman–Crippen LogP) is 2.88. The van der Waals surface area contributed by atoms with Gasteiger partial charge in [0.25, 0.3) is 15.0 Å². The van der Waals surface area contributed by atoms with Crippen LogP contribution in [0.4, 0.5) is 5.69 Å². The molecule has 1 fully saturated rings. The van der Waals surface area contributed by atoms with E-state index in [-0.39, 0.29) is 10.8 Å². The molecule has 1 aliphatic rings. The van der Waals surface area contributed by atoms with Crippen LogP contribution in [0.2, 0.25) is 0 Å². The highest BCUT2D eigenvalue weighted by molar-refractivity contribution is 9.10. The molecule has 1 aliphatic heterocycles. The van der Waals surface area contributed by atoms with Crippen LogP contribution < -0.4 is 5.32 Å². The first kappa shape index (κ1) is 15.8. The van der Waals surface area contributed by atoms with Crippen LogP contribution >= 0.6 is 26.6 Å². The van der Waals surface area contributed by atoms with Gasteiger partial charge in [-0.25, -0.2) is 8.42 Å². The third kappa shape index (κ3) is 3.94. The van der Waals surface area contributed by atoms with E-state index < -0.39 is 15.2 Å². The maximum Gasteiger partial charge on any atom is 0.262 e. The number of rotatable bonds is 3. The number of benzene rings is 1. The molecule has 20 heavy (non-hydrogen) atoms. The molecule has 1 atom stereocenters. The van der Waals surface area contributed by atoms with Crippen LogP contribution in [0.1, 0.15) is 19.3 Å². The molecule has 1 N–H and O–H groups in total. The number of halogens is 2. The molecule has 110 valence electrons. The smallest absolute Gasteiger partial charge is 0.262 e. The number of anilines is 1. The highest BCUT2D eigenvalue weighted by Crippen LogP contribution is 2.28. The number of carbonyl (C=O) groups excluding carboxylic acids is 1. The van der Waals surface area contributed by atoms with Gasteiger partial charge < -0.3 is 10.1 Å². The minimum atomic E-state index is -3.81. The topological polar surface area (TPSA) is 72.5 Å². The van der Waals surface area contributed by atoms with Crippen LogP contribution in [0.3, 0.4) is 0 Å². The summed E-state index contributed by atoms with van der Waals surface area (Å²) in [5, 5.41) is 2.70. The molecule has 1 aromatic carbocycles. The summed E-state index contributed by atoms with van der Waals surface area (Å²) in [5.41, 5.74) is 0.486. The molecule has 1 heterocycles. The monoisotopic (exact) mass is 381 g/mol. The van der Waals surface area contributed by atoms with Gasteiger partial charge in [0.2, 0.25) is 0 Å². The van der Waals surface area contributed by atoms with Crippen LogP contribution in [-0.2, 0) is 18.6 Å². The fourth-order valence-electron chi connectivity index (χ4n) is 1.95. The molecule has 5 nitrogen and oxygen atoms in total. The van der Waals surface area contributed by atoms with E-state index >= 15 is 0 Å². The van der Waals surface area contributed by atoms with Crippen molar-refractivity contribution in [1.82, 2.24) is 0 Å². The Morgan fingerprint density at radius 1 is 1.40 bits per heavy atom. The van der Waals surface area contributed by atoms with Crippen molar-refractivity contribution in [2.75, 3.05) is 11.9 Å². The molecule has 0 saturated carbocycles. The van der Waals surface area contributed by atoms with E-state index in [0.717, 1.165) is 12.8 Å². The summed E-state index contributed by atoms with van der Waals surface area (Å²) in [5.74, 6) is -0.224. The van der Waals surface area contributed by atoms with Gasteiger partial charge in [0.1, 0.15) is 6.10 Å². The van der Waals surface area contributed by atoms with Crippen molar-refractivity contribution in [3.8, 4) is 0 Å². The second-order valence-electron chi connectivity index (χ2n) is 4.43. The summed E-state index contributed by atoms with van der Waals surface area (Å²) in [6.45, 7) is 0.589. The van der Waals surface area contributed by atoms with E-state index in [2.05, 4.69) is 21.2 Å². The van der Waals surface area contributed by atoms with E-state index in [9.17, 15) is 13.2 Å². The van der Waals surface area contributed by atoms with E-state index in [1.165, 1.54) is 18.2 Å². The van der Waals surface area contributed by atoms with Gasteiger partial charge in [-0.15, -0.1) is 0 Å². The lowest BCUT2D eigenvalue weighted by Gasteiger charge is -2.21. The number of amides is 1. The molecular formula is C12H13BrClNO4S. The Morgan fingerprint density at radius 3 is 2.70 bits per heavy atom. The first-order chi connectivity index (χ1) is 9.38. The van der Waals surface area contributed by atoms with Crippen molar-refractivity contribution in [2.45, 2.75) is 30.3 Å². The van der Waals surface area contributed by atoms with Crippen molar-refractivity contribution in [2.24, 2.45) is 0 Å². The van der Waals surface area contributed by atoms with Gasteiger partial charge in [-0.1, -0.05) is 0 Å². The van der Waals surface area contributed by atoms with Gasteiger partial charge in [-0.2, -0.15) is 0 Å². The molecule has 1 unspecified atom stereocenters. The maximum atomic E-state index is 12.0. The first-order valence-corrected chi connectivity index (χ1v) is 9.15. The molecule has 0 spiro atoms. The van der Waals surface area contributed by atoms with Crippen LogP contribution in [0, 0.1) is 0 Å². The van der Waals surface area contributed by atoms with Crippen molar-refractivity contribution >= 4 is 47.3 Å². The van der Waals surface area contributed by atoms with Crippen LogP contribution in [-0.4, -0.2) is 27.0 Å². The van der Waals surface area contributed by atoms with E-state index in [1.54, 1.807) is 0 Å². The average molecular weight is 383 g/mol. The Bertz CT molecular complexity index is 614. The standard InChI is InChI=1S/C12H13BrClNO4S/c13-9-7-8(4-5-11(9)20(14,17)18)15-12(16)10-3-1-2-6-19-10/h4-5,7,10H,1-3,6H2,(H,15,16). The number of ether oxygens (including phenoxy) is 1. The SMILES string of the molecule is O=C(Nc1ccc(S(=O)(=O)Cl)c(Br)c1)C1CCCCO1. The average Bonchev–Trinajstić information content (AvgIpc) is 2.38. The largest absolute Gasteiger partial charge is 0.368 e. The van der Waals surface area contributed by atoms with Crippen LogP contribution in [0.15, 0.2) is 27.6 Å². The second kappa shape index (κ2) is 6.43. The Labute approximate surface area is 130 Å². The van der Waals surface area contributed by atoms with Gasteiger partial charge in [0.05, 0.1) is 4.90 Å². The zero-order chi connectivity index (χ0) is 14.8. The number of nitrogens with one attached hydrogen (secondary N) is 1. The van der Waals surface area contributed by atoms with E-state index in [4.69, 9.17) is 15.4 Å². The Hall–Kier alpha value is -0.630. The zero-order valence-electron chi connectivity index (χ0n) is 10.4. The fourth-order valence-corrected chi connectivity index (χ4v) is 4.17. The molecule has 2 rings (SSSR count). The van der Waals surface area contributed by atoms with Crippen molar-refractivity contribution in [3.63, 3.8) is 0 Å². The van der Waals surface area contributed by atoms with E-state index in [1.807, 2.05) is 0 Å². The second-order valence-corrected chi connectivity index (χ2v) is 7.82. The quantitative estimate of drug-likeness (QED) is 0.816. The Kier molecular flexibility index (Phi) is 5.06. The molecule has 0 radical (unpaired) electrons. The summed E-state index contributed by atoms with van der Waals surface area (Å²) in [7, 11) is 1.47. The maximum absolute atomic E-state index is 12.0. The Balaban J connectivity index is 2.10. The predicted molar refractivity (Wildman–Crippen MR) is 79.4 cm³/mol. The third-order valence-corrected chi connectivity index (χ3v) is 5.23. The first-order valence-electron chi connectivity index (χ1n) is 6.04. The van der Waals surface area contributed by atoms with E-state index in [0.29, 0.717) is 23.2 Å². The summed E-state index contributed by atoms with van der Waals surface area (Å²) < 4.78 is 28.2. The lowest BCUT2D eigenvalue weighted by molar-refractivity contribution is -0.129. The highest BCUT2D eigenvalue weighted by atomic mass is 79.9. The normalized spacial score (nSPS) is 19.6. The third-order valence-electron chi connectivity index (χ3n) is 2.93. The van der Waals surface area contributed by atoms with Gasteiger partial charge in [-0.3, -0.25) is 4.79 Å². The molecule has 0 bridgehead atoms. The number of hydrogen-bond donors (Lipinski definition) is 1. The summed E-state index contributed by atoms with van der Waals surface area (Å²) >= 11 is 3.12. The number of carbonyl (C=O) groups is 1. The lowest BCUT2D eigenvalue weighted by atomic mass is 10.1. The van der Waals surface area contributed by atoms with Gasteiger partial charge >= 0.3 is 0 Å². The van der Waals surface area contributed by atoms with Gasteiger partial charge in [0, 0.05) is 27.4 Å². The summed E-state index contributed by atoms with van der Waals surface area (Å²) in [6.07, 6.45) is 2.18. The lowest BCUT2D eigenvalue weighted by Crippen LogP contribution is -2.33. The molecule has 0 aromatic heterocycles. The summed E-state index contributed by atoms with van der Waals surface area (Å²) in [6, 6.07) is 4.32. The molecule has 1 amide bonds. The molecule has 1 saturated heterocycles. The van der Waals surface area contributed by atoms with Gasteiger partial charge in [-0.05, 0) is 53.4 Å². The van der Waals surface area contributed by atoms with Crippen molar-refractivity contribution in [3.05, 3.63) is 22.7 Å². The molecule has 0 aliphatic carbocycles. The van der Waals surface area contributed by atoms with Crippen molar-refractivity contribution in [1.29, 1.82) is 0 Å². The fraction of sp³-hybridized carbons (Fsp3) is 0.417. The van der Waals surface area contributed by atoms with Crippen LogP contribution in [0.25, 0.3) is 0 Å². The molecular weight excluding hydrogens is 370 g/mol. The Morgan fingerprint density at radius 2 is 2.15 bits per heavy atom. The zero-order valence-corrected chi connectivity index (χ0v) is 13.6. The minimum Gasteiger partial charge on any atom is -0.368 e. The van der Waals surface area contributed by atoms with Crippen LogP contribution in [0.5, 0.6) is 0 Å². The number of hydrogen-bond acceptors (Lipinski definition) is 4. The van der Waals surface area contributed by atoms with Gasteiger partial charge in [0.15, 0.2) is 0 Å². The minimum absolute atomic E-state index is 0.0360.